The van der Waals surface area contributed by atoms with E-state index in [0.717, 1.165) is 24.1 Å². The van der Waals surface area contributed by atoms with Gasteiger partial charge in [0.05, 0.1) is 7.11 Å². The molecule has 0 saturated heterocycles. The molecule has 0 spiro atoms. The van der Waals surface area contributed by atoms with Gasteiger partial charge in [-0.3, -0.25) is 4.98 Å². The molecule has 0 amide bonds. The van der Waals surface area contributed by atoms with Gasteiger partial charge < -0.3 is 10.1 Å². The summed E-state index contributed by atoms with van der Waals surface area (Å²) in [5.74, 6) is -0.0458. The number of methoxy groups -OCH3 is 1. The lowest BCUT2D eigenvalue weighted by Gasteiger charge is -2.20. The maximum absolute atomic E-state index is 13.8. The highest BCUT2D eigenvalue weighted by molar-refractivity contribution is 5.32. The van der Waals surface area contributed by atoms with Crippen LogP contribution in [0.25, 0.3) is 0 Å². The molecule has 0 aliphatic rings. The molecule has 1 unspecified atom stereocenters. The summed E-state index contributed by atoms with van der Waals surface area (Å²) in [6.45, 7) is 4.96. The molecule has 1 heterocycles. The molecule has 0 fully saturated rings. The lowest BCUT2D eigenvalue weighted by molar-refractivity contribution is 0.386. The number of pyridine rings is 1. The first kappa shape index (κ1) is 15.4. The van der Waals surface area contributed by atoms with Gasteiger partial charge in [0.2, 0.25) is 0 Å². The standard InChI is InChI=1S/C17H21FN2O/c1-4-20-16(14-7-8-19-11-12(14)2)10-13-5-6-17(21-3)15(18)9-13/h5-9,11,16,20H,4,10H2,1-3H3. The van der Waals surface area contributed by atoms with Crippen LogP contribution < -0.4 is 10.1 Å². The van der Waals surface area contributed by atoms with Gasteiger partial charge >= 0.3 is 0 Å². The Labute approximate surface area is 125 Å². The number of aryl methyl sites for hydroxylation is 1. The van der Waals surface area contributed by atoms with Crippen LogP contribution >= 0.6 is 0 Å². The second-order valence-electron chi connectivity index (χ2n) is 5.02. The summed E-state index contributed by atoms with van der Waals surface area (Å²) in [6, 6.07) is 7.28. The molecule has 0 saturated carbocycles. The Kier molecular flexibility index (Phi) is 5.28. The third kappa shape index (κ3) is 3.79. The average Bonchev–Trinajstić information content (AvgIpc) is 2.47. The molecule has 1 aromatic carbocycles. The van der Waals surface area contributed by atoms with Crippen molar-refractivity contribution in [3.8, 4) is 5.75 Å². The fraction of sp³-hybridized carbons (Fsp3) is 0.353. The average molecular weight is 288 g/mol. The molecule has 1 N–H and O–H groups in total. The van der Waals surface area contributed by atoms with Crippen molar-refractivity contribution in [2.24, 2.45) is 0 Å². The minimum absolute atomic E-state index is 0.144. The van der Waals surface area contributed by atoms with Crippen molar-refractivity contribution in [2.45, 2.75) is 26.3 Å². The summed E-state index contributed by atoms with van der Waals surface area (Å²) >= 11 is 0. The van der Waals surface area contributed by atoms with Gasteiger partial charge in [-0.15, -0.1) is 0 Å². The number of hydrogen-bond donors (Lipinski definition) is 1. The van der Waals surface area contributed by atoms with E-state index in [2.05, 4.69) is 17.2 Å². The molecule has 112 valence electrons. The smallest absolute Gasteiger partial charge is 0.165 e. The van der Waals surface area contributed by atoms with Crippen molar-refractivity contribution < 1.29 is 9.13 Å². The minimum atomic E-state index is -0.323. The van der Waals surface area contributed by atoms with Crippen LogP contribution in [0.2, 0.25) is 0 Å². The quantitative estimate of drug-likeness (QED) is 0.884. The molecule has 2 rings (SSSR count). The van der Waals surface area contributed by atoms with Crippen molar-refractivity contribution in [3.63, 3.8) is 0 Å². The molecule has 0 aliphatic carbocycles. The Morgan fingerprint density at radius 1 is 1.33 bits per heavy atom. The van der Waals surface area contributed by atoms with Gasteiger partial charge in [-0.05, 0) is 54.8 Å². The topological polar surface area (TPSA) is 34.1 Å². The van der Waals surface area contributed by atoms with E-state index in [-0.39, 0.29) is 17.6 Å². The summed E-state index contributed by atoms with van der Waals surface area (Å²) in [6.07, 6.45) is 4.37. The number of ether oxygens (including phenoxy) is 1. The maximum atomic E-state index is 13.8. The maximum Gasteiger partial charge on any atom is 0.165 e. The van der Waals surface area contributed by atoms with Gasteiger partial charge in [0.1, 0.15) is 0 Å². The number of halogens is 1. The van der Waals surface area contributed by atoms with Crippen molar-refractivity contribution in [3.05, 3.63) is 59.2 Å². The Hall–Kier alpha value is -1.94. The number of likely N-dealkylation sites (N-methyl/N-ethyl adjacent to an activating group) is 1. The zero-order valence-corrected chi connectivity index (χ0v) is 12.7. The van der Waals surface area contributed by atoms with E-state index in [0.29, 0.717) is 0 Å². The highest BCUT2D eigenvalue weighted by Crippen LogP contribution is 2.24. The third-order valence-electron chi connectivity index (χ3n) is 3.55. The van der Waals surface area contributed by atoms with Gasteiger partial charge in [0, 0.05) is 18.4 Å². The summed E-state index contributed by atoms with van der Waals surface area (Å²) in [5.41, 5.74) is 3.27. The summed E-state index contributed by atoms with van der Waals surface area (Å²) in [5, 5.41) is 3.45. The van der Waals surface area contributed by atoms with Crippen LogP contribution in [0.3, 0.4) is 0 Å². The SMILES string of the molecule is CCNC(Cc1ccc(OC)c(F)c1)c1ccncc1C. The fourth-order valence-corrected chi connectivity index (χ4v) is 2.49. The Morgan fingerprint density at radius 2 is 2.14 bits per heavy atom. The van der Waals surface area contributed by atoms with Crippen LogP contribution in [0.1, 0.15) is 29.7 Å². The number of hydrogen-bond acceptors (Lipinski definition) is 3. The third-order valence-corrected chi connectivity index (χ3v) is 3.55. The molecule has 1 atom stereocenters. The zero-order valence-electron chi connectivity index (χ0n) is 12.7. The van der Waals surface area contributed by atoms with Crippen LogP contribution in [0, 0.1) is 12.7 Å². The highest BCUT2D eigenvalue weighted by Gasteiger charge is 2.14. The molecule has 1 aromatic heterocycles. The normalized spacial score (nSPS) is 12.2. The first-order chi connectivity index (χ1) is 10.2. The van der Waals surface area contributed by atoms with Gasteiger partial charge in [-0.1, -0.05) is 13.0 Å². The predicted octanol–water partition coefficient (Wildman–Crippen LogP) is 3.43. The van der Waals surface area contributed by atoms with Gasteiger partial charge in [-0.2, -0.15) is 0 Å². The molecular formula is C17H21FN2O. The molecule has 3 nitrogen and oxygen atoms in total. The Balaban J connectivity index is 2.24. The molecule has 0 bridgehead atoms. The molecule has 4 heteroatoms. The summed E-state index contributed by atoms with van der Waals surface area (Å²) in [4.78, 5) is 4.13. The molecule has 2 aromatic rings. The van der Waals surface area contributed by atoms with E-state index in [9.17, 15) is 4.39 Å². The van der Waals surface area contributed by atoms with Crippen molar-refractivity contribution in [1.82, 2.24) is 10.3 Å². The molecule has 0 radical (unpaired) electrons. The first-order valence-corrected chi connectivity index (χ1v) is 7.12. The number of rotatable bonds is 6. The molecule has 0 aliphatic heterocycles. The number of aromatic nitrogens is 1. The van der Waals surface area contributed by atoms with Crippen LogP contribution in [0.5, 0.6) is 5.75 Å². The van der Waals surface area contributed by atoms with Crippen LogP contribution in [0.4, 0.5) is 4.39 Å². The van der Waals surface area contributed by atoms with Crippen molar-refractivity contribution >= 4 is 0 Å². The van der Waals surface area contributed by atoms with Crippen LogP contribution in [-0.4, -0.2) is 18.6 Å². The van der Waals surface area contributed by atoms with E-state index in [1.54, 1.807) is 18.3 Å². The lowest BCUT2D eigenvalue weighted by atomic mass is 9.96. The van der Waals surface area contributed by atoms with Crippen molar-refractivity contribution in [1.29, 1.82) is 0 Å². The van der Waals surface area contributed by atoms with Gasteiger partial charge in [-0.25, -0.2) is 4.39 Å². The van der Waals surface area contributed by atoms with Crippen LogP contribution in [0.15, 0.2) is 36.7 Å². The number of nitrogens with zero attached hydrogens (tertiary/aromatic N) is 1. The van der Waals surface area contributed by atoms with E-state index in [4.69, 9.17) is 4.74 Å². The molecular weight excluding hydrogens is 267 g/mol. The number of benzene rings is 1. The second kappa shape index (κ2) is 7.18. The van der Waals surface area contributed by atoms with Gasteiger partial charge in [0.15, 0.2) is 11.6 Å². The Morgan fingerprint density at radius 3 is 2.76 bits per heavy atom. The van der Waals surface area contributed by atoms with E-state index >= 15 is 0 Å². The first-order valence-electron chi connectivity index (χ1n) is 7.12. The summed E-state index contributed by atoms with van der Waals surface area (Å²) < 4.78 is 18.8. The van der Waals surface area contributed by atoms with E-state index in [1.807, 2.05) is 25.3 Å². The van der Waals surface area contributed by atoms with Crippen molar-refractivity contribution in [2.75, 3.05) is 13.7 Å². The largest absolute Gasteiger partial charge is 0.494 e. The lowest BCUT2D eigenvalue weighted by Crippen LogP contribution is -2.23. The van der Waals surface area contributed by atoms with Gasteiger partial charge in [0.25, 0.3) is 0 Å². The molecule has 21 heavy (non-hydrogen) atoms. The van der Waals surface area contributed by atoms with E-state index < -0.39 is 0 Å². The number of nitrogens with one attached hydrogen (secondary N) is 1. The fourth-order valence-electron chi connectivity index (χ4n) is 2.49. The summed E-state index contributed by atoms with van der Waals surface area (Å²) in [7, 11) is 1.47. The van der Waals surface area contributed by atoms with Crippen LogP contribution in [-0.2, 0) is 6.42 Å². The highest BCUT2D eigenvalue weighted by atomic mass is 19.1. The van der Waals surface area contributed by atoms with E-state index in [1.165, 1.54) is 12.7 Å². The zero-order chi connectivity index (χ0) is 15.2. The predicted molar refractivity (Wildman–Crippen MR) is 82.0 cm³/mol. The minimum Gasteiger partial charge on any atom is -0.494 e. The second-order valence-corrected chi connectivity index (χ2v) is 5.02. The Bertz CT molecular complexity index is 601. The monoisotopic (exact) mass is 288 g/mol.